The molecule has 0 aliphatic heterocycles. The van der Waals surface area contributed by atoms with Crippen LogP contribution in [0.2, 0.25) is 0 Å². The van der Waals surface area contributed by atoms with Crippen LogP contribution in [0, 0.1) is 17.0 Å². The highest BCUT2D eigenvalue weighted by Crippen LogP contribution is 2.35. The Kier molecular flexibility index (Phi) is 4.86. The average molecular weight is 409 g/mol. The molecule has 0 bridgehead atoms. The molecule has 2 heterocycles. The van der Waals surface area contributed by atoms with Crippen molar-refractivity contribution < 1.29 is 23.2 Å². The Morgan fingerprint density at radius 2 is 1.93 bits per heavy atom. The molecule has 0 fully saturated rings. The van der Waals surface area contributed by atoms with Crippen LogP contribution in [0.5, 0.6) is 5.75 Å². The number of aryl methyl sites for hydroxylation is 1. The van der Waals surface area contributed by atoms with Crippen LogP contribution in [0.25, 0.3) is 11.0 Å². The van der Waals surface area contributed by atoms with Crippen LogP contribution in [0.3, 0.4) is 0 Å². The summed E-state index contributed by atoms with van der Waals surface area (Å²) >= 11 is 0. The van der Waals surface area contributed by atoms with Gasteiger partial charge in [-0.15, -0.1) is 0 Å². The van der Waals surface area contributed by atoms with Gasteiger partial charge in [0.15, 0.2) is 5.75 Å². The number of fused-ring (bicyclic) bond motifs is 1. The summed E-state index contributed by atoms with van der Waals surface area (Å²) in [7, 11) is 0. The number of H-pyrrole nitrogens is 1. The van der Waals surface area contributed by atoms with Gasteiger partial charge in [0.25, 0.3) is 11.2 Å². The number of hydrogen-bond acceptors (Lipinski definition) is 7. The fourth-order valence-corrected chi connectivity index (χ4v) is 2.74. The topological polar surface area (TPSA) is 134 Å². The van der Waals surface area contributed by atoms with Crippen LogP contribution in [-0.4, -0.2) is 25.0 Å². The zero-order chi connectivity index (χ0) is 21.5. The number of nitrogens with zero attached hydrogens (tertiary/aromatic N) is 3. The molecule has 0 spiro atoms. The fraction of sp³-hybridized carbons (Fsp3) is 0.235. The van der Waals surface area contributed by atoms with Crippen molar-refractivity contribution >= 4 is 22.5 Å². The maximum absolute atomic E-state index is 13.1. The molecule has 1 atom stereocenters. The number of hydrogen-bond donors (Lipinski definition) is 3. The molecule has 0 aliphatic rings. The lowest BCUT2D eigenvalue weighted by Crippen LogP contribution is -2.14. The predicted octanol–water partition coefficient (Wildman–Crippen LogP) is 3.43. The minimum atomic E-state index is -4.76. The second-order valence-electron chi connectivity index (χ2n) is 6.30. The SMILES string of the molecule is Cc1nc(N[C@H](C)c2cc([N+](=O)[O-])cc(C(F)(F)F)c2)c2cc(O)c(=O)[nH]c2n1. The first-order chi connectivity index (χ1) is 13.5. The second-order valence-corrected chi connectivity index (χ2v) is 6.30. The number of aromatic nitrogens is 3. The molecule has 0 unspecified atom stereocenters. The fourth-order valence-electron chi connectivity index (χ4n) is 2.74. The number of nitro groups is 1. The van der Waals surface area contributed by atoms with E-state index in [9.17, 15) is 33.2 Å². The van der Waals surface area contributed by atoms with Gasteiger partial charge in [0, 0.05) is 18.2 Å². The molecule has 9 nitrogen and oxygen atoms in total. The first-order valence-corrected chi connectivity index (χ1v) is 8.19. The molecule has 0 radical (unpaired) electrons. The Morgan fingerprint density at radius 3 is 2.55 bits per heavy atom. The number of nitro benzene ring substituents is 1. The van der Waals surface area contributed by atoms with Gasteiger partial charge in [-0.3, -0.25) is 14.9 Å². The van der Waals surface area contributed by atoms with E-state index in [2.05, 4.69) is 20.3 Å². The molecule has 0 amide bonds. The Hall–Kier alpha value is -3.70. The molecule has 3 N–H and O–H groups in total. The number of nitrogens with one attached hydrogen (secondary N) is 2. The van der Waals surface area contributed by atoms with Crippen LogP contribution in [-0.2, 0) is 6.18 Å². The van der Waals surface area contributed by atoms with Crippen molar-refractivity contribution in [3.8, 4) is 5.75 Å². The maximum atomic E-state index is 13.1. The van der Waals surface area contributed by atoms with Gasteiger partial charge in [0.05, 0.1) is 21.9 Å². The Balaban J connectivity index is 2.08. The molecule has 29 heavy (non-hydrogen) atoms. The summed E-state index contributed by atoms with van der Waals surface area (Å²) in [5.74, 6) is -0.203. The molecule has 0 saturated heterocycles. The van der Waals surface area contributed by atoms with Crippen LogP contribution < -0.4 is 10.9 Å². The van der Waals surface area contributed by atoms with E-state index in [1.54, 1.807) is 0 Å². The third-order valence-corrected chi connectivity index (χ3v) is 4.13. The number of halogens is 3. The number of aromatic amines is 1. The van der Waals surface area contributed by atoms with Gasteiger partial charge in [0.2, 0.25) is 0 Å². The van der Waals surface area contributed by atoms with E-state index in [4.69, 9.17) is 0 Å². The Labute approximate surface area is 160 Å². The quantitative estimate of drug-likeness (QED) is 0.444. The van der Waals surface area contributed by atoms with E-state index in [1.165, 1.54) is 13.8 Å². The van der Waals surface area contributed by atoms with Gasteiger partial charge in [-0.05, 0) is 25.5 Å². The van der Waals surface area contributed by atoms with Crippen LogP contribution >= 0.6 is 0 Å². The summed E-state index contributed by atoms with van der Waals surface area (Å²) in [6.07, 6.45) is -4.76. The minimum Gasteiger partial charge on any atom is -0.503 e. The summed E-state index contributed by atoms with van der Waals surface area (Å²) in [6.45, 7) is 3.03. The highest BCUT2D eigenvalue weighted by molar-refractivity contribution is 5.87. The van der Waals surface area contributed by atoms with Crippen molar-refractivity contribution in [2.24, 2.45) is 0 Å². The zero-order valence-electron chi connectivity index (χ0n) is 15.0. The lowest BCUT2D eigenvalue weighted by molar-refractivity contribution is -0.385. The average Bonchev–Trinajstić information content (AvgIpc) is 2.62. The van der Waals surface area contributed by atoms with Gasteiger partial charge in [-0.1, -0.05) is 0 Å². The number of benzene rings is 1. The summed E-state index contributed by atoms with van der Waals surface area (Å²) in [6, 6.07) is 2.59. The zero-order valence-corrected chi connectivity index (χ0v) is 15.0. The molecular formula is C17H14F3N5O4. The van der Waals surface area contributed by atoms with Crippen LogP contribution in [0.15, 0.2) is 29.1 Å². The number of pyridine rings is 1. The number of anilines is 1. The smallest absolute Gasteiger partial charge is 0.416 e. The molecule has 2 aromatic heterocycles. The van der Waals surface area contributed by atoms with E-state index in [1.807, 2.05) is 0 Å². The first kappa shape index (κ1) is 20.0. The van der Waals surface area contributed by atoms with E-state index in [0.717, 1.165) is 18.2 Å². The summed E-state index contributed by atoms with van der Waals surface area (Å²) in [5, 5.41) is 23.8. The lowest BCUT2D eigenvalue weighted by atomic mass is 10.0. The second kappa shape index (κ2) is 7.04. The summed E-state index contributed by atoms with van der Waals surface area (Å²) < 4.78 is 39.4. The molecule has 12 heteroatoms. The molecule has 0 saturated carbocycles. The van der Waals surface area contributed by atoms with E-state index in [-0.39, 0.29) is 28.2 Å². The molecule has 1 aromatic carbocycles. The summed E-state index contributed by atoms with van der Waals surface area (Å²) in [5.41, 5.74) is -2.49. The Morgan fingerprint density at radius 1 is 1.24 bits per heavy atom. The highest BCUT2D eigenvalue weighted by Gasteiger charge is 2.33. The summed E-state index contributed by atoms with van der Waals surface area (Å²) in [4.78, 5) is 32.3. The molecule has 3 rings (SSSR count). The van der Waals surface area contributed by atoms with Crippen LogP contribution in [0.1, 0.15) is 29.9 Å². The highest BCUT2D eigenvalue weighted by atomic mass is 19.4. The Bertz CT molecular complexity index is 1180. The van der Waals surface area contributed by atoms with Gasteiger partial charge in [-0.2, -0.15) is 13.2 Å². The maximum Gasteiger partial charge on any atom is 0.416 e. The standard InChI is InChI=1S/C17H14F3N5O4/c1-7(9-3-10(17(18,19)20)5-11(4-9)25(28)29)21-14-12-6-13(26)16(27)24-15(12)23-8(2)22-14/h3-7,26H,1-2H3,(H2,21,22,23,24,27)/t7-/m1/s1. The third kappa shape index (κ3) is 4.10. The van der Waals surface area contributed by atoms with Gasteiger partial charge < -0.3 is 15.4 Å². The molecule has 152 valence electrons. The van der Waals surface area contributed by atoms with E-state index >= 15 is 0 Å². The van der Waals surface area contributed by atoms with Crippen molar-refractivity contribution in [3.63, 3.8) is 0 Å². The van der Waals surface area contributed by atoms with Crippen molar-refractivity contribution in [2.45, 2.75) is 26.1 Å². The number of rotatable bonds is 4. The number of aromatic hydroxyl groups is 1. The molecule has 3 aromatic rings. The van der Waals surface area contributed by atoms with Crippen molar-refractivity contribution in [2.75, 3.05) is 5.32 Å². The van der Waals surface area contributed by atoms with Gasteiger partial charge >= 0.3 is 6.18 Å². The van der Waals surface area contributed by atoms with Crippen LogP contribution in [0.4, 0.5) is 24.7 Å². The number of non-ortho nitro benzene ring substituents is 1. The first-order valence-electron chi connectivity index (χ1n) is 8.19. The van der Waals surface area contributed by atoms with Gasteiger partial charge in [-0.25, -0.2) is 9.97 Å². The van der Waals surface area contributed by atoms with Crippen molar-refractivity contribution in [1.29, 1.82) is 0 Å². The van der Waals surface area contributed by atoms with Crippen molar-refractivity contribution in [1.82, 2.24) is 15.0 Å². The molecular weight excluding hydrogens is 395 g/mol. The lowest BCUT2D eigenvalue weighted by Gasteiger charge is -2.18. The largest absolute Gasteiger partial charge is 0.503 e. The normalized spacial score (nSPS) is 12.7. The molecule has 0 aliphatic carbocycles. The van der Waals surface area contributed by atoms with Crippen molar-refractivity contribution in [3.05, 3.63) is 61.7 Å². The monoisotopic (exact) mass is 409 g/mol. The number of alkyl halides is 3. The predicted molar refractivity (Wildman–Crippen MR) is 96.7 cm³/mol. The van der Waals surface area contributed by atoms with E-state index in [0.29, 0.717) is 6.07 Å². The third-order valence-electron chi connectivity index (χ3n) is 4.13. The minimum absolute atomic E-state index is 0.00425. The van der Waals surface area contributed by atoms with Gasteiger partial charge in [0.1, 0.15) is 17.3 Å². The van der Waals surface area contributed by atoms with E-state index < -0.39 is 39.7 Å².